The van der Waals surface area contributed by atoms with Gasteiger partial charge in [-0.3, -0.25) is 0 Å². The van der Waals surface area contributed by atoms with E-state index in [1.54, 1.807) is 0 Å². The highest BCUT2D eigenvalue weighted by atomic mass is 16.5. The minimum atomic E-state index is 0.365. The zero-order valence-corrected chi connectivity index (χ0v) is 7.48. The molecule has 0 aliphatic heterocycles. The standard InChI is InChI=1S/C9H18O/c1-5-9(4)6-7-10-8(2)3/h5,8H,6-7H2,1-4H3/b9-5-. The third-order valence-electron chi connectivity index (χ3n) is 1.44. The van der Waals surface area contributed by atoms with Gasteiger partial charge in [-0.15, -0.1) is 0 Å². The Morgan fingerprint density at radius 2 is 2.10 bits per heavy atom. The van der Waals surface area contributed by atoms with Crippen LogP contribution in [0.15, 0.2) is 11.6 Å². The fraction of sp³-hybridized carbons (Fsp3) is 0.778. The van der Waals surface area contributed by atoms with Crippen molar-refractivity contribution >= 4 is 0 Å². The third kappa shape index (κ3) is 5.83. The Morgan fingerprint density at radius 1 is 1.50 bits per heavy atom. The van der Waals surface area contributed by atoms with Gasteiger partial charge in [-0.05, 0) is 34.1 Å². The average molecular weight is 142 g/mol. The lowest BCUT2D eigenvalue weighted by Gasteiger charge is -2.06. The van der Waals surface area contributed by atoms with Crippen LogP contribution in [0, 0.1) is 0 Å². The van der Waals surface area contributed by atoms with Crippen molar-refractivity contribution in [1.82, 2.24) is 0 Å². The van der Waals surface area contributed by atoms with Crippen LogP contribution in [0.3, 0.4) is 0 Å². The molecular weight excluding hydrogens is 124 g/mol. The molecule has 0 aliphatic rings. The Balaban J connectivity index is 3.20. The van der Waals surface area contributed by atoms with Crippen LogP contribution in [0.2, 0.25) is 0 Å². The molecule has 0 saturated carbocycles. The van der Waals surface area contributed by atoms with Gasteiger partial charge < -0.3 is 4.74 Å². The molecule has 0 saturated heterocycles. The molecule has 0 aromatic heterocycles. The Morgan fingerprint density at radius 3 is 2.50 bits per heavy atom. The predicted molar refractivity (Wildman–Crippen MR) is 45.1 cm³/mol. The fourth-order valence-electron chi connectivity index (χ4n) is 0.600. The summed E-state index contributed by atoms with van der Waals surface area (Å²) >= 11 is 0. The summed E-state index contributed by atoms with van der Waals surface area (Å²) in [6.07, 6.45) is 3.56. The van der Waals surface area contributed by atoms with Gasteiger partial charge in [-0.25, -0.2) is 0 Å². The summed E-state index contributed by atoms with van der Waals surface area (Å²) in [7, 11) is 0. The third-order valence-corrected chi connectivity index (χ3v) is 1.44. The van der Waals surface area contributed by atoms with E-state index in [9.17, 15) is 0 Å². The molecule has 0 bridgehead atoms. The maximum absolute atomic E-state index is 5.37. The highest BCUT2D eigenvalue weighted by Gasteiger charge is 1.92. The average Bonchev–Trinajstić information content (AvgIpc) is 1.87. The molecule has 0 unspecified atom stereocenters. The van der Waals surface area contributed by atoms with E-state index in [2.05, 4.69) is 33.8 Å². The quantitative estimate of drug-likeness (QED) is 0.548. The van der Waals surface area contributed by atoms with E-state index in [0.717, 1.165) is 13.0 Å². The van der Waals surface area contributed by atoms with Crippen LogP contribution < -0.4 is 0 Å². The first-order chi connectivity index (χ1) is 4.66. The molecule has 0 aromatic rings. The highest BCUT2D eigenvalue weighted by Crippen LogP contribution is 2.00. The molecule has 0 rings (SSSR count). The monoisotopic (exact) mass is 142 g/mol. The van der Waals surface area contributed by atoms with Crippen LogP contribution in [0.25, 0.3) is 0 Å². The Bertz CT molecular complexity index is 103. The Hall–Kier alpha value is -0.300. The van der Waals surface area contributed by atoms with Crippen LogP contribution in [-0.4, -0.2) is 12.7 Å². The van der Waals surface area contributed by atoms with Gasteiger partial charge >= 0.3 is 0 Å². The maximum Gasteiger partial charge on any atom is 0.0519 e. The van der Waals surface area contributed by atoms with E-state index in [4.69, 9.17) is 4.74 Å². The van der Waals surface area contributed by atoms with Gasteiger partial charge in [0.05, 0.1) is 12.7 Å². The normalized spacial score (nSPS) is 12.7. The second-order valence-electron chi connectivity index (χ2n) is 2.80. The van der Waals surface area contributed by atoms with Gasteiger partial charge in [0.2, 0.25) is 0 Å². The van der Waals surface area contributed by atoms with Gasteiger partial charge in [-0.1, -0.05) is 11.6 Å². The summed E-state index contributed by atoms with van der Waals surface area (Å²) in [4.78, 5) is 0. The lowest BCUT2D eigenvalue weighted by atomic mass is 10.2. The molecule has 1 nitrogen and oxygen atoms in total. The Kier molecular flexibility index (Phi) is 5.32. The number of hydrogen-bond acceptors (Lipinski definition) is 1. The largest absolute Gasteiger partial charge is 0.378 e. The summed E-state index contributed by atoms with van der Waals surface area (Å²) in [6, 6.07) is 0. The summed E-state index contributed by atoms with van der Waals surface area (Å²) in [5.74, 6) is 0. The van der Waals surface area contributed by atoms with Gasteiger partial charge in [0.15, 0.2) is 0 Å². The van der Waals surface area contributed by atoms with Gasteiger partial charge in [0.25, 0.3) is 0 Å². The summed E-state index contributed by atoms with van der Waals surface area (Å²) in [5, 5.41) is 0. The molecule has 0 amide bonds. The lowest BCUT2D eigenvalue weighted by molar-refractivity contribution is 0.0813. The molecule has 0 spiro atoms. The lowest BCUT2D eigenvalue weighted by Crippen LogP contribution is -2.03. The molecule has 10 heavy (non-hydrogen) atoms. The first kappa shape index (κ1) is 9.70. The van der Waals surface area contributed by atoms with Crippen LogP contribution >= 0.6 is 0 Å². The van der Waals surface area contributed by atoms with E-state index >= 15 is 0 Å². The number of rotatable bonds is 4. The molecular formula is C9H18O. The van der Waals surface area contributed by atoms with Gasteiger partial charge in [0.1, 0.15) is 0 Å². The van der Waals surface area contributed by atoms with Gasteiger partial charge in [-0.2, -0.15) is 0 Å². The van der Waals surface area contributed by atoms with Gasteiger partial charge in [0, 0.05) is 0 Å². The molecule has 0 aliphatic carbocycles. The SMILES string of the molecule is C/C=C(/C)CCOC(C)C. The fourth-order valence-corrected chi connectivity index (χ4v) is 0.600. The predicted octanol–water partition coefficient (Wildman–Crippen LogP) is 2.77. The number of hydrogen-bond donors (Lipinski definition) is 0. The van der Waals surface area contributed by atoms with Crippen molar-refractivity contribution in [3.8, 4) is 0 Å². The van der Waals surface area contributed by atoms with Crippen LogP contribution in [-0.2, 0) is 4.74 Å². The summed E-state index contributed by atoms with van der Waals surface area (Å²) in [6.45, 7) is 9.16. The van der Waals surface area contributed by atoms with Crippen LogP contribution in [0.1, 0.15) is 34.1 Å². The Labute approximate surface area is 64.1 Å². The van der Waals surface area contributed by atoms with Crippen molar-refractivity contribution in [3.05, 3.63) is 11.6 Å². The van der Waals surface area contributed by atoms with Crippen LogP contribution in [0.4, 0.5) is 0 Å². The molecule has 0 radical (unpaired) electrons. The summed E-state index contributed by atoms with van der Waals surface area (Å²) < 4.78 is 5.37. The van der Waals surface area contributed by atoms with Crippen molar-refractivity contribution in [3.63, 3.8) is 0 Å². The molecule has 1 heteroatoms. The second kappa shape index (κ2) is 5.48. The highest BCUT2D eigenvalue weighted by molar-refractivity contribution is 4.94. The topological polar surface area (TPSA) is 9.23 Å². The van der Waals surface area contributed by atoms with E-state index in [1.807, 2.05) is 0 Å². The molecule has 0 fully saturated rings. The molecule has 60 valence electrons. The first-order valence-corrected chi connectivity index (χ1v) is 3.90. The van der Waals surface area contributed by atoms with E-state index < -0.39 is 0 Å². The molecule has 0 N–H and O–H groups in total. The van der Waals surface area contributed by atoms with E-state index in [0.29, 0.717) is 6.10 Å². The van der Waals surface area contributed by atoms with Crippen molar-refractivity contribution < 1.29 is 4.74 Å². The first-order valence-electron chi connectivity index (χ1n) is 3.90. The second-order valence-corrected chi connectivity index (χ2v) is 2.80. The smallest absolute Gasteiger partial charge is 0.0519 e. The maximum atomic E-state index is 5.37. The van der Waals surface area contributed by atoms with E-state index in [-0.39, 0.29) is 0 Å². The van der Waals surface area contributed by atoms with E-state index in [1.165, 1.54) is 5.57 Å². The molecule has 0 aromatic carbocycles. The minimum absolute atomic E-state index is 0.365. The number of allylic oxidation sites excluding steroid dienone is 1. The molecule has 0 atom stereocenters. The van der Waals surface area contributed by atoms with Crippen LogP contribution in [0.5, 0.6) is 0 Å². The van der Waals surface area contributed by atoms with Crippen molar-refractivity contribution in [2.75, 3.05) is 6.61 Å². The minimum Gasteiger partial charge on any atom is -0.378 e. The number of ether oxygens (including phenoxy) is 1. The molecule has 0 heterocycles. The zero-order valence-electron chi connectivity index (χ0n) is 7.48. The zero-order chi connectivity index (χ0) is 7.98. The van der Waals surface area contributed by atoms with Crippen molar-refractivity contribution in [1.29, 1.82) is 0 Å². The summed E-state index contributed by atoms with van der Waals surface area (Å²) in [5.41, 5.74) is 1.40. The van der Waals surface area contributed by atoms with Crippen molar-refractivity contribution in [2.45, 2.75) is 40.2 Å². The van der Waals surface area contributed by atoms with Crippen molar-refractivity contribution in [2.24, 2.45) is 0 Å².